The largest absolute Gasteiger partial charge is 0.497 e. The van der Waals surface area contributed by atoms with Crippen LogP contribution >= 0.6 is 0 Å². The fraction of sp³-hybridized carbons (Fsp3) is 0.0556. The molecule has 24 heavy (non-hydrogen) atoms. The van der Waals surface area contributed by atoms with E-state index in [-0.39, 0.29) is 0 Å². The maximum absolute atomic E-state index is 11.9. The average Bonchev–Trinajstić information content (AvgIpc) is 2.59. The third-order valence-electron chi connectivity index (χ3n) is 3.00. The Morgan fingerprint density at radius 3 is 2.42 bits per heavy atom. The number of nitrogens with one attached hydrogen (secondary N) is 1. The molecule has 2 rings (SSSR count). The van der Waals surface area contributed by atoms with Gasteiger partial charge in [-0.1, -0.05) is 42.5 Å². The maximum Gasteiger partial charge on any atom is 0.257 e. The first-order valence-electron chi connectivity index (χ1n) is 7.10. The number of carbonyl (C=O) groups excluding carboxylic acids is 1. The molecule has 0 atom stereocenters. The molecule has 0 aliphatic carbocycles. The van der Waals surface area contributed by atoms with Crippen LogP contribution in [0.3, 0.4) is 0 Å². The van der Waals surface area contributed by atoms with Crippen LogP contribution in [0.25, 0.3) is 12.2 Å². The van der Waals surface area contributed by atoms with Crippen LogP contribution in [0.4, 0.5) is 0 Å². The minimum atomic E-state index is -3.85. The lowest BCUT2D eigenvalue weighted by Gasteiger charge is -2.01. The molecule has 1 N–H and O–H groups in total. The Hall–Kier alpha value is -2.86. The summed E-state index contributed by atoms with van der Waals surface area (Å²) in [5, 5.41) is 0.958. The summed E-state index contributed by atoms with van der Waals surface area (Å²) in [6, 6.07) is 16.0. The average molecular weight is 343 g/mol. The summed E-state index contributed by atoms with van der Waals surface area (Å²) < 4.78 is 30.7. The quantitative estimate of drug-likeness (QED) is 0.819. The normalized spacial score (nSPS) is 11.7. The van der Waals surface area contributed by atoms with Crippen LogP contribution < -0.4 is 9.46 Å². The molecule has 6 heteroatoms. The number of sulfonamides is 1. The molecule has 0 fully saturated rings. The Labute approximate surface area is 141 Å². The van der Waals surface area contributed by atoms with Gasteiger partial charge in [-0.15, -0.1) is 0 Å². The van der Waals surface area contributed by atoms with Gasteiger partial charge in [0.15, 0.2) is 0 Å². The van der Waals surface area contributed by atoms with E-state index in [0.717, 1.165) is 22.6 Å². The summed E-state index contributed by atoms with van der Waals surface area (Å²) >= 11 is 0. The van der Waals surface area contributed by atoms with Crippen molar-refractivity contribution in [2.24, 2.45) is 0 Å². The minimum absolute atomic E-state index is 0.649. The highest BCUT2D eigenvalue weighted by atomic mass is 32.2. The molecule has 2 aromatic rings. The van der Waals surface area contributed by atoms with E-state index < -0.39 is 15.9 Å². The van der Waals surface area contributed by atoms with Crippen molar-refractivity contribution in [1.82, 2.24) is 4.72 Å². The first-order chi connectivity index (χ1) is 11.5. The van der Waals surface area contributed by atoms with Crippen LogP contribution in [0, 0.1) is 0 Å². The minimum Gasteiger partial charge on any atom is -0.497 e. The van der Waals surface area contributed by atoms with E-state index in [0.29, 0.717) is 5.75 Å². The summed E-state index contributed by atoms with van der Waals surface area (Å²) in [4.78, 5) is 11.8. The number of methoxy groups -OCH3 is 1. The van der Waals surface area contributed by atoms with Crippen molar-refractivity contribution in [3.8, 4) is 5.75 Å². The number of rotatable bonds is 6. The van der Waals surface area contributed by atoms with E-state index in [9.17, 15) is 13.2 Å². The van der Waals surface area contributed by atoms with Crippen LogP contribution in [0.15, 0.2) is 66.1 Å². The zero-order valence-corrected chi connectivity index (χ0v) is 13.9. The molecule has 0 saturated heterocycles. The fourth-order valence-corrected chi connectivity index (χ4v) is 2.61. The topological polar surface area (TPSA) is 72.5 Å². The van der Waals surface area contributed by atoms with Gasteiger partial charge in [0.1, 0.15) is 5.75 Å². The molecule has 0 saturated carbocycles. The molecule has 0 aliphatic rings. The fourth-order valence-electron chi connectivity index (χ4n) is 1.86. The second-order valence-electron chi connectivity index (χ2n) is 4.83. The van der Waals surface area contributed by atoms with Gasteiger partial charge in [-0.05, 0) is 35.4 Å². The molecule has 0 aromatic heterocycles. The molecule has 0 unspecified atom stereocenters. The summed E-state index contributed by atoms with van der Waals surface area (Å²) in [6.07, 6.45) is 4.08. The van der Waals surface area contributed by atoms with Gasteiger partial charge in [-0.25, -0.2) is 13.1 Å². The van der Waals surface area contributed by atoms with Gasteiger partial charge in [0.2, 0.25) is 0 Å². The van der Waals surface area contributed by atoms with Gasteiger partial charge in [0.05, 0.1) is 12.5 Å². The van der Waals surface area contributed by atoms with Crippen molar-refractivity contribution in [3.63, 3.8) is 0 Å². The number of hydrogen-bond donors (Lipinski definition) is 1. The summed E-state index contributed by atoms with van der Waals surface area (Å²) in [5.41, 5.74) is 1.45. The predicted molar refractivity (Wildman–Crippen MR) is 94.6 cm³/mol. The third-order valence-corrected chi connectivity index (χ3v) is 3.98. The smallest absolute Gasteiger partial charge is 0.257 e. The summed E-state index contributed by atoms with van der Waals surface area (Å²) in [5.74, 6) is -0.0773. The number of amides is 1. The second-order valence-corrected chi connectivity index (χ2v) is 6.40. The highest BCUT2D eigenvalue weighted by Crippen LogP contribution is 2.13. The molecule has 0 radical (unpaired) electrons. The Bertz CT molecular complexity index is 856. The summed E-state index contributed by atoms with van der Waals surface area (Å²) in [6.45, 7) is 0. The molecule has 2 aromatic carbocycles. The molecule has 0 heterocycles. The van der Waals surface area contributed by atoms with Crippen LogP contribution in [0.1, 0.15) is 11.1 Å². The molecular weight excluding hydrogens is 326 g/mol. The SMILES string of the molecule is COc1cccc(/C=C/C(=O)NS(=O)(=O)/C=C/c2ccccc2)c1. The first kappa shape index (κ1) is 17.5. The maximum atomic E-state index is 11.9. The Morgan fingerprint density at radius 2 is 1.71 bits per heavy atom. The van der Waals surface area contributed by atoms with Crippen molar-refractivity contribution in [3.05, 3.63) is 77.2 Å². The highest BCUT2D eigenvalue weighted by Gasteiger charge is 2.08. The van der Waals surface area contributed by atoms with Crippen LogP contribution in [-0.4, -0.2) is 21.4 Å². The van der Waals surface area contributed by atoms with Crippen LogP contribution in [-0.2, 0) is 14.8 Å². The van der Waals surface area contributed by atoms with Crippen molar-refractivity contribution >= 4 is 28.1 Å². The van der Waals surface area contributed by atoms with Crippen molar-refractivity contribution < 1.29 is 17.9 Å². The van der Waals surface area contributed by atoms with E-state index in [4.69, 9.17) is 4.74 Å². The summed E-state index contributed by atoms with van der Waals surface area (Å²) in [7, 11) is -2.31. The number of ether oxygens (including phenoxy) is 1. The van der Waals surface area contributed by atoms with E-state index in [2.05, 4.69) is 0 Å². The Kier molecular flexibility index (Phi) is 5.92. The van der Waals surface area contributed by atoms with Gasteiger partial charge in [-0.3, -0.25) is 4.79 Å². The van der Waals surface area contributed by atoms with Crippen molar-refractivity contribution in [2.75, 3.05) is 7.11 Å². The predicted octanol–water partition coefficient (Wildman–Crippen LogP) is 2.83. The Balaban J connectivity index is 2.00. The van der Waals surface area contributed by atoms with E-state index in [1.54, 1.807) is 55.6 Å². The van der Waals surface area contributed by atoms with Crippen LogP contribution in [0.5, 0.6) is 5.75 Å². The van der Waals surface area contributed by atoms with Crippen molar-refractivity contribution in [1.29, 1.82) is 0 Å². The van der Waals surface area contributed by atoms with Gasteiger partial charge >= 0.3 is 0 Å². The zero-order chi connectivity index (χ0) is 17.4. The zero-order valence-electron chi connectivity index (χ0n) is 13.0. The molecular formula is C18H17NO4S. The third kappa shape index (κ3) is 5.73. The van der Waals surface area contributed by atoms with E-state index in [1.807, 2.05) is 10.8 Å². The van der Waals surface area contributed by atoms with Gasteiger partial charge < -0.3 is 4.74 Å². The lowest BCUT2D eigenvalue weighted by molar-refractivity contribution is -0.114. The van der Waals surface area contributed by atoms with E-state index in [1.165, 1.54) is 12.2 Å². The molecule has 1 amide bonds. The van der Waals surface area contributed by atoms with Crippen LogP contribution in [0.2, 0.25) is 0 Å². The molecule has 0 aliphatic heterocycles. The lowest BCUT2D eigenvalue weighted by Crippen LogP contribution is -2.26. The number of hydrogen-bond acceptors (Lipinski definition) is 4. The monoisotopic (exact) mass is 343 g/mol. The molecule has 5 nitrogen and oxygen atoms in total. The van der Waals surface area contributed by atoms with Gasteiger partial charge in [-0.2, -0.15) is 0 Å². The second kappa shape index (κ2) is 8.12. The highest BCUT2D eigenvalue weighted by molar-refractivity contribution is 7.93. The molecule has 0 bridgehead atoms. The van der Waals surface area contributed by atoms with E-state index >= 15 is 0 Å². The van der Waals surface area contributed by atoms with Crippen molar-refractivity contribution in [2.45, 2.75) is 0 Å². The molecule has 0 spiro atoms. The Morgan fingerprint density at radius 1 is 1.00 bits per heavy atom. The standard InChI is InChI=1S/C18H17NO4S/c1-23-17-9-5-8-16(14-17)10-11-18(20)19-24(21,22)13-12-15-6-3-2-4-7-15/h2-14H,1H3,(H,19,20)/b11-10+,13-12+. The first-order valence-corrected chi connectivity index (χ1v) is 8.65. The lowest BCUT2D eigenvalue weighted by atomic mass is 10.2. The molecule has 124 valence electrons. The van der Waals surface area contributed by atoms with Gasteiger partial charge in [0.25, 0.3) is 15.9 Å². The van der Waals surface area contributed by atoms with Gasteiger partial charge in [0, 0.05) is 6.08 Å². The number of carbonyl (C=O) groups is 1. The number of benzene rings is 2.